The summed E-state index contributed by atoms with van der Waals surface area (Å²) in [4.78, 5) is 0. The first-order valence-electron chi connectivity index (χ1n) is 3.28. The van der Waals surface area contributed by atoms with E-state index in [2.05, 4.69) is 0 Å². The van der Waals surface area contributed by atoms with Gasteiger partial charge in [-0.25, -0.2) is 0 Å². The third-order valence-electron chi connectivity index (χ3n) is 1.40. The molecule has 0 aliphatic heterocycles. The predicted octanol–water partition coefficient (Wildman–Crippen LogP) is 1.60. The molecule has 1 aromatic rings. The molecule has 1 radical (unpaired) electrons. The molecule has 0 saturated carbocycles. The van der Waals surface area contributed by atoms with Crippen LogP contribution in [0.2, 0.25) is 5.02 Å². The van der Waals surface area contributed by atoms with E-state index >= 15 is 0 Å². The van der Waals surface area contributed by atoms with Crippen molar-refractivity contribution in [2.45, 2.75) is 6.18 Å². The second-order valence-electron chi connectivity index (χ2n) is 2.40. The molecule has 0 unspecified atom stereocenters. The van der Waals surface area contributed by atoms with Crippen molar-refractivity contribution in [3.05, 3.63) is 28.8 Å². The van der Waals surface area contributed by atoms with Gasteiger partial charge in [0.05, 0.1) is 5.56 Å². The SMILES string of the molecule is O[B]c1cc(Cl)cc(C(F)(F)F)c1. The number of hydrogen-bond donors (Lipinski definition) is 1. The van der Waals surface area contributed by atoms with E-state index in [4.69, 9.17) is 16.6 Å². The van der Waals surface area contributed by atoms with Crippen LogP contribution in [0.25, 0.3) is 0 Å². The Kier molecular flexibility index (Phi) is 2.88. The summed E-state index contributed by atoms with van der Waals surface area (Å²) in [6.45, 7) is 0. The highest BCUT2D eigenvalue weighted by Crippen LogP contribution is 2.29. The van der Waals surface area contributed by atoms with E-state index in [1.165, 1.54) is 6.07 Å². The minimum Gasteiger partial charge on any atom is -0.450 e. The molecule has 0 bridgehead atoms. The van der Waals surface area contributed by atoms with Crippen molar-refractivity contribution in [2.24, 2.45) is 0 Å². The molecule has 13 heavy (non-hydrogen) atoms. The molecule has 0 aromatic heterocycles. The van der Waals surface area contributed by atoms with E-state index < -0.39 is 11.7 Å². The maximum atomic E-state index is 12.1. The maximum Gasteiger partial charge on any atom is 0.416 e. The standard InChI is InChI=1S/C7H4BClF3O/c9-6-2-4(7(10,11)12)1-5(3-6)8-13/h1-3,13H. The summed E-state index contributed by atoms with van der Waals surface area (Å²) in [5.74, 6) is 0. The molecule has 0 heterocycles. The number of rotatable bonds is 1. The van der Waals surface area contributed by atoms with Gasteiger partial charge in [0.2, 0.25) is 0 Å². The molecule has 0 aliphatic carbocycles. The first-order chi connectivity index (χ1) is 5.93. The monoisotopic (exact) mass is 207 g/mol. The van der Waals surface area contributed by atoms with Crippen LogP contribution in [0.15, 0.2) is 18.2 Å². The summed E-state index contributed by atoms with van der Waals surface area (Å²) in [5, 5.41) is 8.44. The van der Waals surface area contributed by atoms with Gasteiger partial charge in [0.1, 0.15) is 0 Å². The minimum absolute atomic E-state index is 0.0276. The topological polar surface area (TPSA) is 20.2 Å². The van der Waals surface area contributed by atoms with Crippen LogP contribution in [0.3, 0.4) is 0 Å². The minimum atomic E-state index is -4.44. The molecule has 0 amide bonds. The first kappa shape index (κ1) is 10.4. The highest BCUT2D eigenvalue weighted by atomic mass is 35.5. The third-order valence-corrected chi connectivity index (χ3v) is 1.61. The Labute approximate surface area is 78.4 Å². The zero-order valence-electron chi connectivity index (χ0n) is 6.27. The molecule has 0 aliphatic rings. The van der Waals surface area contributed by atoms with Gasteiger partial charge >= 0.3 is 13.7 Å². The molecule has 0 fully saturated rings. The van der Waals surface area contributed by atoms with E-state index in [-0.39, 0.29) is 10.5 Å². The highest BCUT2D eigenvalue weighted by molar-refractivity contribution is 6.46. The number of benzene rings is 1. The van der Waals surface area contributed by atoms with Gasteiger partial charge in [0, 0.05) is 5.02 Å². The lowest BCUT2D eigenvalue weighted by Crippen LogP contribution is -2.17. The lowest BCUT2D eigenvalue weighted by Gasteiger charge is -2.07. The van der Waals surface area contributed by atoms with Crippen molar-refractivity contribution in [3.63, 3.8) is 0 Å². The maximum absolute atomic E-state index is 12.1. The van der Waals surface area contributed by atoms with Crippen LogP contribution in [0.5, 0.6) is 0 Å². The summed E-state index contributed by atoms with van der Waals surface area (Å²) in [7, 11) is 0.571. The lowest BCUT2D eigenvalue weighted by atomic mass is 9.87. The van der Waals surface area contributed by atoms with Gasteiger partial charge in [-0.05, 0) is 12.1 Å². The number of halogens is 4. The Bertz CT molecular complexity index is 313. The van der Waals surface area contributed by atoms with Gasteiger partial charge in [0.15, 0.2) is 0 Å². The fourth-order valence-corrected chi connectivity index (χ4v) is 1.09. The zero-order valence-corrected chi connectivity index (χ0v) is 7.02. The predicted molar refractivity (Wildman–Crippen MR) is 44.1 cm³/mol. The van der Waals surface area contributed by atoms with Crippen LogP contribution >= 0.6 is 11.6 Å². The van der Waals surface area contributed by atoms with Gasteiger partial charge in [-0.1, -0.05) is 23.1 Å². The van der Waals surface area contributed by atoms with Gasteiger partial charge in [-0.15, -0.1) is 0 Å². The molecule has 6 heteroatoms. The van der Waals surface area contributed by atoms with E-state index in [1.54, 1.807) is 0 Å². The van der Waals surface area contributed by atoms with Crippen molar-refractivity contribution in [3.8, 4) is 0 Å². The van der Waals surface area contributed by atoms with E-state index in [0.717, 1.165) is 12.1 Å². The van der Waals surface area contributed by atoms with E-state index in [1.807, 2.05) is 0 Å². The Morgan fingerprint density at radius 2 is 1.85 bits per heavy atom. The second kappa shape index (κ2) is 3.60. The summed E-state index contributed by atoms with van der Waals surface area (Å²) in [5.41, 5.74) is -0.847. The second-order valence-corrected chi connectivity index (χ2v) is 2.84. The summed E-state index contributed by atoms with van der Waals surface area (Å²) < 4.78 is 36.4. The smallest absolute Gasteiger partial charge is 0.416 e. The largest absolute Gasteiger partial charge is 0.450 e. The Hall–Kier alpha value is -0.675. The molecule has 69 valence electrons. The van der Waals surface area contributed by atoms with E-state index in [9.17, 15) is 13.2 Å². The quantitative estimate of drug-likeness (QED) is 0.694. The lowest BCUT2D eigenvalue weighted by molar-refractivity contribution is -0.137. The van der Waals surface area contributed by atoms with Crippen molar-refractivity contribution >= 4 is 24.5 Å². The van der Waals surface area contributed by atoms with Crippen LogP contribution in [0, 0.1) is 0 Å². The molecule has 1 nitrogen and oxygen atoms in total. The van der Waals surface area contributed by atoms with Crippen LogP contribution in [0.1, 0.15) is 5.56 Å². The fourth-order valence-electron chi connectivity index (χ4n) is 0.851. The first-order valence-corrected chi connectivity index (χ1v) is 3.66. The Morgan fingerprint density at radius 3 is 2.31 bits per heavy atom. The average Bonchev–Trinajstić information content (AvgIpc) is 2.01. The Balaban J connectivity index is 3.16. The molecule has 0 spiro atoms. The molecular weight excluding hydrogens is 203 g/mol. The molecule has 0 atom stereocenters. The summed E-state index contributed by atoms with van der Waals surface area (Å²) in [6, 6.07) is 2.84. The van der Waals surface area contributed by atoms with Crippen LogP contribution in [-0.4, -0.2) is 12.5 Å². The van der Waals surface area contributed by atoms with Gasteiger partial charge in [-0.2, -0.15) is 13.2 Å². The third kappa shape index (κ3) is 2.64. The molecular formula is C7H4BClF3O. The molecule has 1 N–H and O–H groups in total. The number of hydrogen-bond acceptors (Lipinski definition) is 1. The van der Waals surface area contributed by atoms with Gasteiger partial charge < -0.3 is 5.02 Å². The fraction of sp³-hybridized carbons (Fsp3) is 0.143. The average molecular weight is 207 g/mol. The molecule has 1 rings (SSSR count). The highest BCUT2D eigenvalue weighted by Gasteiger charge is 2.30. The Morgan fingerprint density at radius 1 is 1.23 bits per heavy atom. The van der Waals surface area contributed by atoms with Crippen LogP contribution in [0.4, 0.5) is 13.2 Å². The molecule has 0 saturated heterocycles. The van der Waals surface area contributed by atoms with Gasteiger partial charge in [-0.3, -0.25) is 0 Å². The van der Waals surface area contributed by atoms with Gasteiger partial charge in [0.25, 0.3) is 0 Å². The van der Waals surface area contributed by atoms with Crippen molar-refractivity contribution in [2.75, 3.05) is 0 Å². The normalized spacial score (nSPS) is 11.5. The van der Waals surface area contributed by atoms with Crippen molar-refractivity contribution < 1.29 is 18.2 Å². The summed E-state index contributed by atoms with van der Waals surface area (Å²) in [6.07, 6.45) is -4.44. The molecule has 1 aromatic carbocycles. The zero-order chi connectivity index (χ0) is 10.1. The summed E-state index contributed by atoms with van der Waals surface area (Å²) >= 11 is 5.40. The van der Waals surface area contributed by atoms with Crippen LogP contribution in [-0.2, 0) is 6.18 Å². The number of alkyl halides is 3. The van der Waals surface area contributed by atoms with Crippen molar-refractivity contribution in [1.82, 2.24) is 0 Å². The van der Waals surface area contributed by atoms with Crippen LogP contribution < -0.4 is 5.46 Å². The van der Waals surface area contributed by atoms with E-state index in [0.29, 0.717) is 7.48 Å². The van der Waals surface area contributed by atoms with Crippen molar-refractivity contribution in [1.29, 1.82) is 0 Å².